The first-order valence-corrected chi connectivity index (χ1v) is 7.03. The zero-order chi connectivity index (χ0) is 15.5. The van der Waals surface area contributed by atoms with E-state index in [0.29, 0.717) is 23.7 Å². The van der Waals surface area contributed by atoms with Gasteiger partial charge in [0, 0.05) is 31.8 Å². The summed E-state index contributed by atoms with van der Waals surface area (Å²) in [6.07, 6.45) is 6.24. The Morgan fingerprint density at radius 2 is 2.41 bits per heavy atom. The van der Waals surface area contributed by atoms with Gasteiger partial charge < -0.3 is 14.6 Å². The zero-order valence-electron chi connectivity index (χ0n) is 11.8. The lowest BCUT2D eigenvalue weighted by atomic mass is 10.1. The van der Waals surface area contributed by atoms with Crippen molar-refractivity contribution in [2.45, 2.75) is 6.42 Å². The summed E-state index contributed by atoms with van der Waals surface area (Å²) in [7, 11) is 1.55. The van der Waals surface area contributed by atoms with Crippen molar-refractivity contribution in [3.63, 3.8) is 0 Å². The normalized spacial score (nSPS) is 12.5. The van der Waals surface area contributed by atoms with Gasteiger partial charge in [-0.05, 0) is 0 Å². The molecule has 0 spiro atoms. The molecule has 2 aromatic rings. The van der Waals surface area contributed by atoms with Crippen molar-refractivity contribution in [2.24, 2.45) is 0 Å². The Bertz CT molecular complexity index is 742. The van der Waals surface area contributed by atoms with Crippen LogP contribution in [0.4, 0.5) is 0 Å². The number of allylic oxidation sites excluding steroid dienone is 1. The lowest BCUT2D eigenvalue weighted by Crippen LogP contribution is -2.27. The molecule has 0 radical (unpaired) electrons. The number of halogens is 1. The molecule has 1 amide bonds. The van der Waals surface area contributed by atoms with Gasteiger partial charge in [0.25, 0.3) is 0 Å². The molecule has 114 valence electrons. The Labute approximate surface area is 131 Å². The molecular formula is C14H13ClN4O3. The molecule has 0 fully saturated rings. The van der Waals surface area contributed by atoms with Crippen LogP contribution in [0.3, 0.4) is 0 Å². The molecule has 0 aliphatic heterocycles. The Kier molecular flexibility index (Phi) is 4.17. The molecule has 0 saturated carbocycles. The number of hydrogen-bond donors (Lipinski definition) is 1. The number of carbonyl (C=O) groups is 1. The van der Waals surface area contributed by atoms with Gasteiger partial charge >= 0.3 is 11.8 Å². The van der Waals surface area contributed by atoms with Crippen molar-refractivity contribution >= 4 is 23.6 Å². The molecule has 22 heavy (non-hydrogen) atoms. The van der Waals surface area contributed by atoms with Gasteiger partial charge in [-0.1, -0.05) is 28.9 Å². The standard InChI is InChI=1S/C14H13ClN4O3/c1-21-6-5-16-13(20)14-18-12(19-22-14)9-7-17-10-4-2-3-8(10)11(9)15/h2-3,7H,4-6H2,1H3,(H,16,20). The van der Waals surface area contributed by atoms with Crippen molar-refractivity contribution in [3.8, 4) is 11.4 Å². The summed E-state index contributed by atoms with van der Waals surface area (Å²) in [5, 5.41) is 6.90. The number of carbonyl (C=O) groups excluding carboxylic acids is 1. The maximum atomic E-state index is 11.8. The van der Waals surface area contributed by atoms with Gasteiger partial charge in [-0.25, -0.2) is 0 Å². The highest BCUT2D eigenvalue weighted by molar-refractivity contribution is 6.34. The predicted molar refractivity (Wildman–Crippen MR) is 79.5 cm³/mol. The number of nitrogens with zero attached hydrogens (tertiary/aromatic N) is 3. The molecule has 0 saturated heterocycles. The van der Waals surface area contributed by atoms with E-state index in [1.807, 2.05) is 12.2 Å². The van der Waals surface area contributed by atoms with Crippen molar-refractivity contribution < 1.29 is 14.1 Å². The molecule has 1 N–H and O–H groups in total. The van der Waals surface area contributed by atoms with E-state index in [1.54, 1.807) is 13.3 Å². The number of amides is 1. The van der Waals surface area contributed by atoms with E-state index in [9.17, 15) is 4.79 Å². The van der Waals surface area contributed by atoms with Crippen LogP contribution in [0.1, 0.15) is 21.9 Å². The van der Waals surface area contributed by atoms with Gasteiger partial charge in [0.2, 0.25) is 5.82 Å². The van der Waals surface area contributed by atoms with E-state index in [0.717, 1.165) is 17.7 Å². The van der Waals surface area contributed by atoms with Crippen LogP contribution in [0.2, 0.25) is 5.02 Å². The van der Waals surface area contributed by atoms with Crippen LogP contribution in [-0.4, -0.2) is 41.3 Å². The molecule has 2 aromatic heterocycles. The minimum Gasteiger partial charge on any atom is -0.383 e. The van der Waals surface area contributed by atoms with Gasteiger partial charge in [-0.3, -0.25) is 9.78 Å². The summed E-state index contributed by atoms with van der Waals surface area (Å²) in [5.74, 6) is -0.350. The van der Waals surface area contributed by atoms with Crippen LogP contribution in [0.5, 0.6) is 0 Å². The van der Waals surface area contributed by atoms with E-state index in [1.165, 1.54) is 0 Å². The van der Waals surface area contributed by atoms with Crippen LogP contribution in [0.25, 0.3) is 17.5 Å². The summed E-state index contributed by atoms with van der Waals surface area (Å²) >= 11 is 6.35. The lowest BCUT2D eigenvalue weighted by molar-refractivity contribution is 0.0893. The minimum absolute atomic E-state index is 0.127. The highest BCUT2D eigenvalue weighted by Gasteiger charge is 2.21. The molecule has 7 nitrogen and oxygen atoms in total. The first kappa shape index (κ1) is 14.7. The summed E-state index contributed by atoms with van der Waals surface area (Å²) in [6.45, 7) is 0.763. The Balaban J connectivity index is 1.82. The van der Waals surface area contributed by atoms with Crippen molar-refractivity contribution in [3.05, 3.63) is 34.4 Å². The lowest BCUT2D eigenvalue weighted by Gasteiger charge is -2.04. The van der Waals surface area contributed by atoms with Gasteiger partial charge in [0.15, 0.2) is 0 Å². The molecule has 1 aliphatic carbocycles. The van der Waals surface area contributed by atoms with Crippen LogP contribution in [0, 0.1) is 0 Å². The highest BCUT2D eigenvalue weighted by Crippen LogP contribution is 2.33. The van der Waals surface area contributed by atoms with E-state index in [-0.39, 0.29) is 11.7 Å². The van der Waals surface area contributed by atoms with Crippen molar-refractivity contribution in [1.82, 2.24) is 20.4 Å². The van der Waals surface area contributed by atoms with E-state index >= 15 is 0 Å². The average Bonchev–Trinajstić information content (AvgIpc) is 3.17. The fourth-order valence-corrected chi connectivity index (χ4v) is 2.39. The van der Waals surface area contributed by atoms with E-state index in [4.69, 9.17) is 20.9 Å². The number of fused-ring (bicyclic) bond motifs is 1. The van der Waals surface area contributed by atoms with Gasteiger partial charge in [0.05, 0.1) is 22.9 Å². The van der Waals surface area contributed by atoms with Crippen LogP contribution < -0.4 is 5.32 Å². The Hall–Kier alpha value is -2.25. The fourth-order valence-electron chi connectivity index (χ4n) is 2.08. The molecule has 1 aliphatic rings. The summed E-state index contributed by atoms with van der Waals surface area (Å²) in [5.41, 5.74) is 2.30. The third-order valence-electron chi connectivity index (χ3n) is 3.18. The van der Waals surface area contributed by atoms with Gasteiger partial charge in [0.1, 0.15) is 0 Å². The molecule has 2 heterocycles. The van der Waals surface area contributed by atoms with Gasteiger partial charge in [-0.2, -0.15) is 4.98 Å². The first-order valence-electron chi connectivity index (χ1n) is 6.66. The zero-order valence-corrected chi connectivity index (χ0v) is 12.6. The second-order valence-corrected chi connectivity index (χ2v) is 5.00. The Morgan fingerprint density at radius 3 is 3.23 bits per heavy atom. The first-order chi connectivity index (χ1) is 10.7. The summed E-state index contributed by atoms with van der Waals surface area (Å²) in [6, 6.07) is 0. The predicted octanol–water partition coefficient (Wildman–Crippen LogP) is 1.73. The van der Waals surface area contributed by atoms with Gasteiger partial charge in [-0.15, -0.1) is 0 Å². The second-order valence-electron chi connectivity index (χ2n) is 4.62. The number of ether oxygens (including phenoxy) is 1. The molecule has 0 unspecified atom stereocenters. The van der Waals surface area contributed by atoms with E-state index in [2.05, 4.69) is 20.4 Å². The maximum absolute atomic E-state index is 11.8. The second kappa shape index (κ2) is 6.25. The number of pyridine rings is 1. The highest BCUT2D eigenvalue weighted by atomic mass is 35.5. The van der Waals surface area contributed by atoms with E-state index < -0.39 is 5.91 Å². The summed E-state index contributed by atoms with van der Waals surface area (Å²) < 4.78 is 9.81. The monoisotopic (exact) mass is 320 g/mol. The SMILES string of the molecule is COCCNC(=O)c1nc(-c2cnc3c(c2Cl)C=CC3)no1. The van der Waals surface area contributed by atoms with Crippen LogP contribution >= 0.6 is 11.6 Å². The maximum Gasteiger partial charge on any atom is 0.316 e. The molecule has 0 bridgehead atoms. The fraction of sp³-hybridized carbons (Fsp3) is 0.286. The topological polar surface area (TPSA) is 90.1 Å². The number of rotatable bonds is 5. The summed E-state index contributed by atoms with van der Waals surface area (Å²) in [4.78, 5) is 20.2. The van der Waals surface area contributed by atoms with Crippen LogP contribution in [0.15, 0.2) is 16.8 Å². The molecule has 3 rings (SSSR count). The number of aromatic nitrogens is 3. The third kappa shape index (κ3) is 2.72. The van der Waals surface area contributed by atoms with Crippen molar-refractivity contribution in [2.75, 3.05) is 20.3 Å². The number of nitrogens with one attached hydrogen (secondary N) is 1. The third-order valence-corrected chi connectivity index (χ3v) is 3.59. The Morgan fingerprint density at radius 1 is 1.55 bits per heavy atom. The number of hydrogen-bond acceptors (Lipinski definition) is 6. The molecule has 8 heteroatoms. The smallest absolute Gasteiger partial charge is 0.316 e. The molecule has 0 aromatic carbocycles. The largest absolute Gasteiger partial charge is 0.383 e. The van der Waals surface area contributed by atoms with Crippen molar-refractivity contribution in [1.29, 1.82) is 0 Å². The number of methoxy groups -OCH3 is 1. The molecular weight excluding hydrogens is 308 g/mol. The van der Waals surface area contributed by atoms with Crippen LogP contribution in [-0.2, 0) is 11.2 Å². The quantitative estimate of drug-likeness (QED) is 0.844. The molecule has 0 atom stereocenters. The average molecular weight is 321 g/mol. The minimum atomic E-state index is -0.457.